The van der Waals surface area contributed by atoms with Gasteiger partial charge >= 0.3 is 11.9 Å². The van der Waals surface area contributed by atoms with Crippen LogP contribution < -0.4 is 0 Å². The monoisotopic (exact) mass is 265 g/mol. The highest BCUT2D eigenvalue weighted by Crippen LogP contribution is 2.17. The van der Waals surface area contributed by atoms with Crippen molar-refractivity contribution in [2.75, 3.05) is 13.1 Å². The van der Waals surface area contributed by atoms with Crippen LogP contribution in [0.4, 0.5) is 0 Å². The van der Waals surface area contributed by atoms with Gasteiger partial charge in [0.2, 0.25) is 0 Å². The Labute approximate surface area is 112 Å². The van der Waals surface area contributed by atoms with E-state index in [2.05, 4.69) is 0 Å². The lowest BCUT2D eigenvalue weighted by Crippen LogP contribution is -2.34. The van der Waals surface area contributed by atoms with Crippen LogP contribution in [0.1, 0.15) is 22.3 Å². The average Bonchev–Trinajstić information content (AvgIpc) is 2.23. The maximum Gasteiger partial charge on any atom is 0.317 e. The molecule has 0 bridgehead atoms. The maximum atomic E-state index is 10.8. The van der Waals surface area contributed by atoms with E-state index in [1.807, 2.05) is 32.9 Å². The number of carbonyl (C=O) groups is 2. The van der Waals surface area contributed by atoms with Crippen molar-refractivity contribution in [3.8, 4) is 0 Å². The first kappa shape index (κ1) is 15.2. The van der Waals surface area contributed by atoms with Gasteiger partial charge in [0.25, 0.3) is 0 Å². The normalized spacial score (nSPS) is 10.7. The van der Waals surface area contributed by atoms with Crippen molar-refractivity contribution in [1.29, 1.82) is 0 Å². The smallest absolute Gasteiger partial charge is 0.317 e. The van der Waals surface area contributed by atoms with Gasteiger partial charge < -0.3 is 10.2 Å². The van der Waals surface area contributed by atoms with E-state index in [0.29, 0.717) is 6.54 Å². The second-order valence-corrected chi connectivity index (χ2v) is 4.80. The molecular formula is C14H19NO4. The fourth-order valence-corrected chi connectivity index (χ4v) is 1.98. The Bertz CT molecular complexity index is 480. The molecule has 0 amide bonds. The van der Waals surface area contributed by atoms with E-state index < -0.39 is 11.9 Å². The van der Waals surface area contributed by atoms with E-state index in [4.69, 9.17) is 10.2 Å². The molecule has 0 aliphatic rings. The summed E-state index contributed by atoms with van der Waals surface area (Å²) in [5, 5.41) is 17.6. The molecule has 5 nitrogen and oxygen atoms in total. The fraction of sp³-hybridized carbons (Fsp3) is 0.429. The summed E-state index contributed by atoms with van der Waals surface area (Å²) in [7, 11) is 0. The number of carboxylic acid groups (broad SMARTS) is 2. The molecule has 0 radical (unpaired) electrons. The molecule has 0 atom stereocenters. The Kier molecular flexibility index (Phi) is 5.06. The van der Waals surface area contributed by atoms with E-state index in [-0.39, 0.29) is 13.1 Å². The van der Waals surface area contributed by atoms with Crippen LogP contribution in [-0.2, 0) is 16.1 Å². The number of benzene rings is 1. The number of hydrogen-bond acceptors (Lipinski definition) is 3. The number of aryl methyl sites for hydroxylation is 3. The molecule has 5 heteroatoms. The fourth-order valence-electron chi connectivity index (χ4n) is 1.98. The summed E-state index contributed by atoms with van der Waals surface area (Å²) in [4.78, 5) is 22.9. The second kappa shape index (κ2) is 6.33. The minimum atomic E-state index is -1.03. The van der Waals surface area contributed by atoms with Crippen LogP contribution >= 0.6 is 0 Å². The summed E-state index contributed by atoms with van der Waals surface area (Å²) in [5.41, 5.74) is 4.30. The number of rotatable bonds is 6. The van der Waals surface area contributed by atoms with Gasteiger partial charge in [-0.1, -0.05) is 12.1 Å². The van der Waals surface area contributed by atoms with E-state index in [9.17, 15) is 9.59 Å². The minimum absolute atomic E-state index is 0.279. The molecule has 19 heavy (non-hydrogen) atoms. The highest BCUT2D eigenvalue weighted by atomic mass is 16.4. The largest absolute Gasteiger partial charge is 0.480 e. The lowest BCUT2D eigenvalue weighted by Gasteiger charge is -2.20. The highest BCUT2D eigenvalue weighted by Gasteiger charge is 2.15. The molecular weight excluding hydrogens is 246 g/mol. The van der Waals surface area contributed by atoms with Crippen molar-refractivity contribution in [2.24, 2.45) is 0 Å². The van der Waals surface area contributed by atoms with Crippen molar-refractivity contribution >= 4 is 11.9 Å². The summed E-state index contributed by atoms with van der Waals surface area (Å²) in [6.45, 7) is 5.71. The third kappa shape index (κ3) is 4.71. The zero-order valence-electron chi connectivity index (χ0n) is 11.4. The van der Waals surface area contributed by atoms with Crippen LogP contribution in [0.25, 0.3) is 0 Å². The van der Waals surface area contributed by atoms with Crippen LogP contribution in [0.2, 0.25) is 0 Å². The summed E-state index contributed by atoms with van der Waals surface area (Å²) in [5.74, 6) is -2.05. The van der Waals surface area contributed by atoms with Crippen LogP contribution in [0.15, 0.2) is 12.1 Å². The SMILES string of the molecule is Cc1cc(C)c(CN(CC(=O)O)CC(=O)O)cc1C. The van der Waals surface area contributed by atoms with Gasteiger partial charge in [0.05, 0.1) is 13.1 Å². The van der Waals surface area contributed by atoms with E-state index in [1.165, 1.54) is 10.5 Å². The van der Waals surface area contributed by atoms with Crippen molar-refractivity contribution < 1.29 is 19.8 Å². The molecule has 0 aliphatic carbocycles. The number of aliphatic carboxylic acids is 2. The molecule has 0 aliphatic heterocycles. The lowest BCUT2D eigenvalue weighted by atomic mass is 10.0. The second-order valence-electron chi connectivity index (χ2n) is 4.80. The molecule has 2 N–H and O–H groups in total. The Morgan fingerprint density at radius 1 is 0.947 bits per heavy atom. The standard InChI is InChI=1S/C14H19NO4/c1-9-4-11(3)12(5-10(9)2)6-15(7-13(16)17)8-14(18)19/h4-5H,6-8H2,1-3H3,(H,16,17)(H,18,19). The van der Waals surface area contributed by atoms with Crippen LogP contribution in [0.5, 0.6) is 0 Å². The third-order valence-corrected chi connectivity index (χ3v) is 3.06. The molecule has 0 saturated carbocycles. The van der Waals surface area contributed by atoms with Gasteiger partial charge in [0, 0.05) is 6.54 Å². The van der Waals surface area contributed by atoms with Crippen LogP contribution in [0.3, 0.4) is 0 Å². The predicted octanol–water partition coefficient (Wildman–Crippen LogP) is 1.58. The van der Waals surface area contributed by atoms with E-state index >= 15 is 0 Å². The maximum absolute atomic E-state index is 10.8. The van der Waals surface area contributed by atoms with Gasteiger partial charge in [-0.2, -0.15) is 0 Å². The number of carboxylic acids is 2. The molecule has 104 valence electrons. The predicted molar refractivity (Wildman–Crippen MR) is 71.2 cm³/mol. The molecule has 0 spiro atoms. The van der Waals surface area contributed by atoms with Gasteiger partial charge in [-0.15, -0.1) is 0 Å². The van der Waals surface area contributed by atoms with Gasteiger partial charge in [-0.3, -0.25) is 14.5 Å². The lowest BCUT2D eigenvalue weighted by molar-refractivity contribution is -0.142. The van der Waals surface area contributed by atoms with E-state index in [0.717, 1.165) is 16.7 Å². The Morgan fingerprint density at radius 3 is 1.89 bits per heavy atom. The Balaban J connectivity index is 2.92. The van der Waals surface area contributed by atoms with Crippen molar-refractivity contribution in [2.45, 2.75) is 27.3 Å². The Hall–Kier alpha value is -1.88. The molecule has 0 heterocycles. The van der Waals surface area contributed by atoms with Crippen LogP contribution in [0, 0.1) is 20.8 Å². The first-order valence-corrected chi connectivity index (χ1v) is 6.02. The van der Waals surface area contributed by atoms with Gasteiger partial charge in [0.15, 0.2) is 0 Å². The van der Waals surface area contributed by atoms with Gasteiger partial charge in [0.1, 0.15) is 0 Å². The zero-order chi connectivity index (χ0) is 14.6. The Morgan fingerprint density at radius 2 is 1.42 bits per heavy atom. The van der Waals surface area contributed by atoms with E-state index in [1.54, 1.807) is 0 Å². The minimum Gasteiger partial charge on any atom is -0.480 e. The van der Waals surface area contributed by atoms with Crippen molar-refractivity contribution in [1.82, 2.24) is 4.90 Å². The molecule has 1 rings (SSSR count). The van der Waals surface area contributed by atoms with Crippen LogP contribution in [-0.4, -0.2) is 40.1 Å². The quantitative estimate of drug-likeness (QED) is 0.816. The van der Waals surface area contributed by atoms with Crippen molar-refractivity contribution in [3.05, 3.63) is 34.4 Å². The zero-order valence-corrected chi connectivity index (χ0v) is 11.4. The summed E-state index contributed by atoms with van der Waals surface area (Å²) in [6, 6.07) is 4.02. The first-order valence-electron chi connectivity index (χ1n) is 6.02. The summed E-state index contributed by atoms with van der Waals surface area (Å²) in [6.07, 6.45) is 0. The molecule has 1 aromatic carbocycles. The number of hydrogen-bond donors (Lipinski definition) is 2. The molecule has 0 saturated heterocycles. The molecule has 1 aromatic rings. The average molecular weight is 265 g/mol. The molecule has 0 unspecified atom stereocenters. The van der Waals surface area contributed by atoms with Gasteiger partial charge in [-0.25, -0.2) is 0 Å². The highest BCUT2D eigenvalue weighted by molar-refractivity contribution is 5.72. The van der Waals surface area contributed by atoms with Crippen molar-refractivity contribution in [3.63, 3.8) is 0 Å². The summed E-state index contributed by atoms with van der Waals surface area (Å²) >= 11 is 0. The molecule has 0 aromatic heterocycles. The van der Waals surface area contributed by atoms with Gasteiger partial charge in [-0.05, 0) is 43.0 Å². The first-order chi connectivity index (χ1) is 8.79. The summed E-state index contributed by atoms with van der Waals surface area (Å²) < 4.78 is 0. The number of nitrogens with zero attached hydrogens (tertiary/aromatic N) is 1. The topological polar surface area (TPSA) is 77.8 Å². The molecule has 0 fully saturated rings. The third-order valence-electron chi connectivity index (χ3n) is 3.06.